The van der Waals surface area contributed by atoms with E-state index in [1.54, 1.807) is 6.20 Å². The summed E-state index contributed by atoms with van der Waals surface area (Å²) >= 11 is 0. The fourth-order valence-electron chi connectivity index (χ4n) is 2.30. The lowest BCUT2D eigenvalue weighted by Gasteiger charge is -2.15. The van der Waals surface area contributed by atoms with Crippen molar-refractivity contribution < 1.29 is 4.79 Å². The molecule has 0 spiro atoms. The van der Waals surface area contributed by atoms with E-state index in [1.165, 1.54) is 11.9 Å². The van der Waals surface area contributed by atoms with E-state index in [0.29, 0.717) is 13.1 Å². The van der Waals surface area contributed by atoms with Crippen LogP contribution >= 0.6 is 0 Å². The molecule has 0 fully saturated rings. The number of aryl methyl sites for hydroxylation is 2. The Morgan fingerprint density at radius 2 is 2.05 bits per heavy atom. The standard InChI is InChI=1S/C15H15N3O/c1-10-3-4-12(5-11(10)2)15(19)18-7-13-6-16-9-17-14(13)8-18/h3-6,9H,7-8H2,1-2H3. The smallest absolute Gasteiger partial charge is 0.254 e. The molecule has 1 aliphatic rings. The van der Waals surface area contributed by atoms with Gasteiger partial charge in [-0.3, -0.25) is 4.79 Å². The van der Waals surface area contributed by atoms with E-state index in [2.05, 4.69) is 9.97 Å². The van der Waals surface area contributed by atoms with Gasteiger partial charge in [0.1, 0.15) is 6.33 Å². The molecule has 0 saturated carbocycles. The van der Waals surface area contributed by atoms with Crippen molar-refractivity contribution in [3.8, 4) is 0 Å². The van der Waals surface area contributed by atoms with Crippen molar-refractivity contribution in [1.82, 2.24) is 14.9 Å². The normalized spacial score (nSPS) is 13.5. The topological polar surface area (TPSA) is 46.1 Å². The van der Waals surface area contributed by atoms with Gasteiger partial charge < -0.3 is 4.90 Å². The van der Waals surface area contributed by atoms with Crippen LogP contribution < -0.4 is 0 Å². The first kappa shape index (κ1) is 11.8. The first-order valence-electron chi connectivity index (χ1n) is 6.29. The predicted molar refractivity (Wildman–Crippen MR) is 71.5 cm³/mol. The van der Waals surface area contributed by atoms with Gasteiger partial charge in [-0.15, -0.1) is 0 Å². The second-order valence-electron chi connectivity index (χ2n) is 4.95. The van der Waals surface area contributed by atoms with Crippen molar-refractivity contribution in [2.75, 3.05) is 0 Å². The van der Waals surface area contributed by atoms with Crippen molar-refractivity contribution in [3.63, 3.8) is 0 Å². The molecule has 2 heterocycles. The molecule has 1 aromatic heterocycles. The lowest BCUT2D eigenvalue weighted by Crippen LogP contribution is -2.25. The molecular formula is C15H15N3O. The average molecular weight is 253 g/mol. The molecule has 96 valence electrons. The van der Waals surface area contributed by atoms with Gasteiger partial charge in [0.05, 0.1) is 12.2 Å². The predicted octanol–water partition coefficient (Wildman–Crippen LogP) is 2.25. The first-order valence-corrected chi connectivity index (χ1v) is 6.29. The summed E-state index contributed by atoms with van der Waals surface area (Å²) in [5.41, 5.74) is 5.07. The number of aromatic nitrogens is 2. The van der Waals surface area contributed by atoms with Crippen LogP contribution in [-0.4, -0.2) is 20.8 Å². The molecule has 3 rings (SSSR count). The Morgan fingerprint density at radius 3 is 2.79 bits per heavy atom. The minimum Gasteiger partial charge on any atom is -0.328 e. The van der Waals surface area contributed by atoms with E-state index in [-0.39, 0.29) is 5.91 Å². The van der Waals surface area contributed by atoms with Crippen LogP contribution in [0.1, 0.15) is 32.7 Å². The van der Waals surface area contributed by atoms with E-state index in [1.807, 2.05) is 36.9 Å². The fraction of sp³-hybridized carbons (Fsp3) is 0.267. The molecule has 4 nitrogen and oxygen atoms in total. The molecule has 1 aliphatic heterocycles. The quantitative estimate of drug-likeness (QED) is 0.783. The van der Waals surface area contributed by atoms with Crippen LogP contribution in [-0.2, 0) is 13.1 Å². The number of fused-ring (bicyclic) bond motifs is 1. The molecule has 0 aliphatic carbocycles. The molecular weight excluding hydrogens is 238 g/mol. The van der Waals surface area contributed by atoms with E-state index >= 15 is 0 Å². The van der Waals surface area contributed by atoms with Crippen molar-refractivity contribution in [3.05, 3.63) is 58.7 Å². The van der Waals surface area contributed by atoms with Crippen LogP contribution in [0.5, 0.6) is 0 Å². The molecule has 2 aromatic rings. The van der Waals surface area contributed by atoms with Crippen LogP contribution in [0.15, 0.2) is 30.7 Å². The molecule has 19 heavy (non-hydrogen) atoms. The minimum atomic E-state index is 0.0566. The van der Waals surface area contributed by atoms with E-state index in [9.17, 15) is 4.79 Å². The first-order chi connectivity index (χ1) is 9.15. The molecule has 0 N–H and O–H groups in total. The largest absolute Gasteiger partial charge is 0.328 e. The lowest BCUT2D eigenvalue weighted by atomic mass is 10.1. The molecule has 0 atom stereocenters. The van der Waals surface area contributed by atoms with Crippen LogP contribution in [0.2, 0.25) is 0 Å². The summed E-state index contributed by atoms with van der Waals surface area (Å²) in [6, 6.07) is 5.83. The van der Waals surface area contributed by atoms with Gasteiger partial charge in [0, 0.05) is 23.9 Å². The Bertz CT molecular complexity index is 627. The Balaban J connectivity index is 1.85. The number of benzene rings is 1. The van der Waals surface area contributed by atoms with Crippen molar-refractivity contribution in [2.24, 2.45) is 0 Å². The lowest BCUT2D eigenvalue weighted by molar-refractivity contribution is 0.0750. The summed E-state index contributed by atoms with van der Waals surface area (Å²) in [7, 11) is 0. The van der Waals surface area contributed by atoms with Gasteiger partial charge in [0.25, 0.3) is 5.91 Å². The SMILES string of the molecule is Cc1ccc(C(=O)N2Cc3cncnc3C2)cc1C. The highest BCUT2D eigenvalue weighted by Crippen LogP contribution is 2.22. The van der Waals surface area contributed by atoms with Crippen LogP contribution in [0.3, 0.4) is 0 Å². The Kier molecular flexibility index (Phi) is 2.78. The zero-order valence-corrected chi connectivity index (χ0v) is 11.1. The number of carbonyl (C=O) groups excluding carboxylic acids is 1. The molecule has 1 amide bonds. The second kappa shape index (κ2) is 4.46. The van der Waals surface area contributed by atoms with Crippen LogP contribution in [0.4, 0.5) is 0 Å². The van der Waals surface area contributed by atoms with E-state index in [0.717, 1.165) is 22.4 Å². The van der Waals surface area contributed by atoms with Gasteiger partial charge in [0.2, 0.25) is 0 Å². The average Bonchev–Trinajstić information content (AvgIpc) is 2.85. The van der Waals surface area contributed by atoms with Crippen LogP contribution in [0.25, 0.3) is 0 Å². The monoisotopic (exact) mass is 253 g/mol. The summed E-state index contributed by atoms with van der Waals surface area (Å²) < 4.78 is 0. The highest BCUT2D eigenvalue weighted by molar-refractivity contribution is 5.94. The van der Waals surface area contributed by atoms with Gasteiger partial charge in [-0.1, -0.05) is 6.07 Å². The van der Waals surface area contributed by atoms with Gasteiger partial charge >= 0.3 is 0 Å². The maximum atomic E-state index is 12.5. The molecule has 4 heteroatoms. The van der Waals surface area contributed by atoms with Gasteiger partial charge in [-0.25, -0.2) is 9.97 Å². The number of amides is 1. The molecule has 1 aromatic carbocycles. The fourth-order valence-corrected chi connectivity index (χ4v) is 2.30. The maximum absolute atomic E-state index is 12.5. The van der Waals surface area contributed by atoms with E-state index < -0.39 is 0 Å². The molecule has 0 radical (unpaired) electrons. The second-order valence-corrected chi connectivity index (χ2v) is 4.95. The zero-order valence-electron chi connectivity index (χ0n) is 11.1. The number of nitrogens with zero attached hydrogens (tertiary/aromatic N) is 3. The zero-order chi connectivity index (χ0) is 13.4. The Labute approximate surface area is 112 Å². The summed E-state index contributed by atoms with van der Waals surface area (Å²) in [5, 5.41) is 0. The molecule has 0 bridgehead atoms. The molecule has 0 unspecified atom stereocenters. The minimum absolute atomic E-state index is 0.0566. The van der Waals surface area contributed by atoms with Crippen LogP contribution in [0, 0.1) is 13.8 Å². The number of carbonyl (C=O) groups is 1. The van der Waals surface area contributed by atoms with Crippen molar-refractivity contribution in [1.29, 1.82) is 0 Å². The van der Waals surface area contributed by atoms with Crippen molar-refractivity contribution >= 4 is 5.91 Å². The maximum Gasteiger partial charge on any atom is 0.254 e. The highest BCUT2D eigenvalue weighted by Gasteiger charge is 2.25. The Morgan fingerprint density at radius 1 is 1.21 bits per heavy atom. The van der Waals surface area contributed by atoms with E-state index in [4.69, 9.17) is 0 Å². The van der Waals surface area contributed by atoms with Gasteiger partial charge in [-0.05, 0) is 37.1 Å². The van der Waals surface area contributed by atoms with Gasteiger partial charge in [0.15, 0.2) is 0 Å². The Hall–Kier alpha value is -2.23. The number of hydrogen-bond donors (Lipinski definition) is 0. The number of hydrogen-bond acceptors (Lipinski definition) is 3. The van der Waals surface area contributed by atoms with Gasteiger partial charge in [-0.2, -0.15) is 0 Å². The number of rotatable bonds is 1. The summed E-state index contributed by atoms with van der Waals surface area (Å²) in [4.78, 5) is 22.5. The summed E-state index contributed by atoms with van der Waals surface area (Å²) in [5.74, 6) is 0.0566. The summed E-state index contributed by atoms with van der Waals surface area (Å²) in [6.45, 7) is 5.24. The third kappa shape index (κ3) is 2.10. The third-order valence-corrected chi connectivity index (χ3v) is 3.62. The third-order valence-electron chi connectivity index (χ3n) is 3.62. The highest BCUT2D eigenvalue weighted by atomic mass is 16.2. The van der Waals surface area contributed by atoms with Crippen molar-refractivity contribution in [2.45, 2.75) is 26.9 Å². The molecule has 0 saturated heterocycles. The summed E-state index contributed by atoms with van der Waals surface area (Å²) in [6.07, 6.45) is 3.32.